The first-order valence-corrected chi connectivity index (χ1v) is 8.53. The molecule has 98 valence electrons. The zero-order valence-electron chi connectivity index (χ0n) is 10.3. The Morgan fingerprint density at radius 2 is 1.47 bits per heavy atom. The van der Waals surface area contributed by atoms with E-state index in [0.717, 1.165) is 33.7 Å². The predicted octanol–water partition coefficient (Wildman–Crippen LogP) is 3.45. The van der Waals surface area contributed by atoms with Gasteiger partial charge in [0.1, 0.15) is 10.0 Å². The Morgan fingerprint density at radius 1 is 0.947 bits per heavy atom. The van der Waals surface area contributed by atoms with Gasteiger partial charge in [-0.05, 0) is 42.9 Å². The third-order valence-electron chi connectivity index (χ3n) is 5.13. The van der Waals surface area contributed by atoms with E-state index in [1.54, 1.807) is 0 Å². The molecule has 0 saturated heterocycles. The summed E-state index contributed by atoms with van der Waals surface area (Å²) in [4.78, 5) is 11.5. The summed E-state index contributed by atoms with van der Waals surface area (Å²) in [6.07, 6.45) is 9.08. The summed E-state index contributed by atoms with van der Waals surface area (Å²) in [5, 5.41) is 8.87. The van der Waals surface area contributed by atoms with E-state index in [0.29, 0.717) is 0 Å². The monoisotopic (exact) mass is 290 g/mol. The molecule has 0 aromatic carbocycles. The van der Waals surface area contributed by atoms with Gasteiger partial charge in [-0.2, -0.15) is 0 Å². The van der Waals surface area contributed by atoms with Crippen molar-refractivity contribution in [2.45, 2.75) is 19.3 Å². The number of fused-ring (bicyclic) bond motifs is 7. The molecule has 2 fully saturated rings. The van der Waals surface area contributed by atoms with Gasteiger partial charge in [-0.15, -0.1) is 0 Å². The summed E-state index contributed by atoms with van der Waals surface area (Å²) in [6.45, 7) is 0. The van der Waals surface area contributed by atoms with Crippen molar-refractivity contribution in [3.05, 3.63) is 32.4 Å². The Morgan fingerprint density at radius 3 is 2.00 bits per heavy atom. The topological polar surface area (TPSA) is 41.1 Å². The second kappa shape index (κ2) is 3.52. The molecular formula is C14H14N2OS2. The van der Waals surface area contributed by atoms with E-state index >= 15 is 0 Å². The Labute approximate surface area is 119 Å². The first kappa shape index (κ1) is 10.7. The lowest BCUT2D eigenvalue weighted by molar-refractivity contribution is 0.312. The van der Waals surface area contributed by atoms with Gasteiger partial charge >= 0.3 is 0 Å². The summed E-state index contributed by atoms with van der Waals surface area (Å²) in [5.41, 5.74) is 2.38. The van der Waals surface area contributed by atoms with Crippen LogP contribution < -0.4 is 14.7 Å². The van der Waals surface area contributed by atoms with Crippen molar-refractivity contribution in [2.24, 2.45) is 23.7 Å². The molecule has 0 radical (unpaired) electrons. The Bertz CT molecular complexity index is 629. The van der Waals surface area contributed by atoms with Gasteiger partial charge in [-0.3, -0.25) is 4.79 Å². The quantitative estimate of drug-likeness (QED) is 0.769. The van der Waals surface area contributed by atoms with Gasteiger partial charge in [0.2, 0.25) is 0 Å². The minimum Gasteiger partial charge on any atom is -0.343 e. The largest absolute Gasteiger partial charge is 0.343 e. The highest BCUT2D eigenvalue weighted by molar-refractivity contribution is 7.33. The number of rotatable bonds is 0. The van der Waals surface area contributed by atoms with Crippen molar-refractivity contribution < 1.29 is 0 Å². The van der Waals surface area contributed by atoms with Crippen LogP contribution in [0.5, 0.6) is 0 Å². The molecule has 1 aliphatic heterocycles. The highest BCUT2D eigenvalue weighted by Gasteiger charge is 2.47. The van der Waals surface area contributed by atoms with Crippen LogP contribution in [-0.2, 0) is 0 Å². The Kier molecular flexibility index (Phi) is 1.98. The number of anilines is 2. The van der Waals surface area contributed by atoms with Crippen molar-refractivity contribution in [2.75, 3.05) is 10.6 Å². The highest BCUT2D eigenvalue weighted by atomic mass is 32.2. The molecule has 19 heavy (non-hydrogen) atoms. The van der Waals surface area contributed by atoms with Gasteiger partial charge in [0.15, 0.2) is 0 Å². The zero-order valence-corrected chi connectivity index (χ0v) is 11.9. The molecule has 1 aromatic heterocycles. The SMILES string of the molecule is O=c1sc2c(s1)NC1=CC3C4CCC(C4)C3C=C1N2. The van der Waals surface area contributed by atoms with E-state index in [2.05, 4.69) is 22.8 Å². The van der Waals surface area contributed by atoms with E-state index in [4.69, 9.17) is 0 Å². The molecule has 4 atom stereocenters. The average molecular weight is 290 g/mol. The van der Waals surface area contributed by atoms with Crippen molar-refractivity contribution in [1.29, 1.82) is 0 Å². The fraction of sp³-hybridized carbons (Fsp3) is 0.500. The Hall–Kier alpha value is -1.07. The molecule has 5 heteroatoms. The second-order valence-corrected chi connectivity index (χ2v) is 8.24. The summed E-state index contributed by atoms with van der Waals surface area (Å²) in [7, 11) is 0. The van der Waals surface area contributed by atoms with Gasteiger partial charge in [0.25, 0.3) is 4.06 Å². The minimum atomic E-state index is 0.158. The predicted molar refractivity (Wildman–Crippen MR) is 79.7 cm³/mol. The maximum absolute atomic E-state index is 11.5. The minimum absolute atomic E-state index is 0.158. The standard InChI is InChI=1S/C14H14N2OS2/c17-14-18-12-13(19-14)16-11-5-9-7-2-1-6(3-7)8(9)4-10(11)15-12/h4-9,15-16H,1-3H2. The van der Waals surface area contributed by atoms with Gasteiger partial charge in [-0.25, -0.2) is 0 Å². The van der Waals surface area contributed by atoms with Crippen LogP contribution in [0.1, 0.15) is 19.3 Å². The van der Waals surface area contributed by atoms with Crippen LogP contribution in [0.2, 0.25) is 0 Å². The fourth-order valence-electron chi connectivity index (χ4n) is 4.35. The number of hydrogen-bond acceptors (Lipinski definition) is 5. The smallest absolute Gasteiger partial charge is 0.291 e. The maximum Gasteiger partial charge on any atom is 0.291 e. The number of hydrogen-bond donors (Lipinski definition) is 2. The lowest BCUT2D eigenvalue weighted by Gasteiger charge is -2.34. The van der Waals surface area contributed by atoms with E-state index < -0.39 is 0 Å². The number of nitrogens with one attached hydrogen (secondary N) is 2. The van der Waals surface area contributed by atoms with Gasteiger partial charge < -0.3 is 10.6 Å². The maximum atomic E-state index is 11.5. The summed E-state index contributed by atoms with van der Waals surface area (Å²) >= 11 is 2.62. The van der Waals surface area contributed by atoms with Gasteiger partial charge in [0, 0.05) is 0 Å². The summed E-state index contributed by atoms with van der Waals surface area (Å²) in [5.74, 6) is 3.24. The summed E-state index contributed by atoms with van der Waals surface area (Å²) in [6, 6.07) is 0. The molecule has 5 rings (SSSR count). The van der Waals surface area contributed by atoms with Crippen molar-refractivity contribution >= 4 is 32.7 Å². The van der Waals surface area contributed by atoms with Crippen molar-refractivity contribution in [1.82, 2.24) is 0 Å². The first-order valence-electron chi connectivity index (χ1n) is 6.90. The molecule has 2 heterocycles. The van der Waals surface area contributed by atoms with Crippen LogP contribution in [0.3, 0.4) is 0 Å². The molecule has 4 unspecified atom stereocenters. The normalized spacial score (nSPS) is 37.5. The van der Waals surface area contributed by atoms with Crippen LogP contribution in [0, 0.1) is 23.7 Å². The van der Waals surface area contributed by atoms with Crippen LogP contribution in [0.25, 0.3) is 0 Å². The van der Waals surface area contributed by atoms with Crippen molar-refractivity contribution in [3.63, 3.8) is 0 Å². The van der Waals surface area contributed by atoms with E-state index in [-0.39, 0.29) is 4.06 Å². The van der Waals surface area contributed by atoms with Gasteiger partial charge in [0.05, 0.1) is 11.4 Å². The third-order valence-corrected chi connectivity index (χ3v) is 7.11. The summed E-state index contributed by atoms with van der Waals surface area (Å²) < 4.78 is 0.158. The van der Waals surface area contributed by atoms with E-state index in [9.17, 15) is 4.79 Å². The fourth-order valence-corrected chi connectivity index (χ4v) is 6.21. The first-order chi connectivity index (χ1) is 9.28. The molecule has 2 bridgehead atoms. The molecule has 2 N–H and O–H groups in total. The zero-order chi connectivity index (χ0) is 12.6. The van der Waals surface area contributed by atoms with Crippen LogP contribution in [0.15, 0.2) is 28.3 Å². The molecule has 4 aliphatic rings. The highest BCUT2D eigenvalue weighted by Crippen LogP contribution is 2.56. The van der Waals surface area contributed by atoms with Crippen LogP contribution in [-0.4, -0.2) is 0 Å². The van der Waals surface area contributed by atoms with E-state index in [1.165, 1.54) is 53.3 Å². The molecular weight excluding hydrogens is 276 g/mol. The van der Waals surface area contributed by atoms with Crippen molar-refractivity contribution in [3.8, 4) is 0 Å². The average Bonchev–Trinajstić information content (AvgIpc) is 3.06. The molecule has 3 nitrogen and oxygen atoms in total. The van der Waals surface area contributed by atoms with Crippen LogP contribution >= 0.6 is 22.7 Å². The number of allylic oxidation sites excluding steroid dienone is 2. The van der Waals surface area contributed by atoms with Gasteiger partial charge in [-0.1, -0.05) is 34.8 Å². The lowest BCUT2D eigenvalue weighted by Crippen LogP contribution is -2.28. The molecule has 0 spiro atoms. The second-order valence-electron chi connectivity index (χ2n) is 6.01. The molecule has 3 aliphatic carbocycles. The van der Waals surface area contributed by atoms with E-state index in [1.807, 2.05) is 0 Å². The lowest BCUT2D eigenvalue weighted by atomic mass is 9.76. The molecule has 1 aromatic rings. The Balaban J connectivity index is 1.60. The molecule has 0 amide bonds. The van der Waals surface area contributed by atoms with Crippen LogP contribution in [0.4, 0.5) is 10.0 Å². The molecule has 2 saturated carbocycles. The third kappa shape index (κ3) is 1.40.